The summed E-state index contributed by atoms with van der Waals surface area (Å²) < 4.78 is 0. The van der Waals surface area contributed by atoms with Gasteiger partial charge >= 0.3 is 5.69 Å². The highest BCUT2D eigenvalue weighted by Gasteiger charge is 2.30. The van der Waals surface area contributed by atoms with Crippen LogP contribution in [0.15, 0.2) is 12.3 Å². The Morgan fingerprint density at radius 1 is 1.72 bits per heavy atom. The van der Waals surface area contributed by atoms with Crippen molar-refractivity contribution in [1.82, 2.24) is 4.98 Å². The van der Waals surface area contributed by atoms with Crippen LogP contribution < -0.4 is 5.32 Å². The summed E-state index contributed by atoms with van der Waals surface area (Å²) in [5.74, 6) is 0.300. The Kier molecular flexibility index (Phi) is 3.39. The van der Waals surface area contributed by atoms with Gasteiger partial charge in [-0.05, 0) is 24.8 Å². The van der Waals surface area contributed by atoms with E-state index in [0.717, 1.165) is 12.8 Å². The topological polar surface area (TPSA) is 112 Å². The van der Waals surface area contributed by atoms with E-state index in [1.807, 2.05) is 0 Å². The summed E-state index contributed by atoms with van der Waals surface area (Å²) in [6, 6.07) is 3.05. The third-order valence-corrected chi connectivity index (χ3v) is 2.87. The van der Waals surface area contributed by atoms with Gasteiger partial charge in [0, 0.05) is 12.7 Å². The first kappa shape index (κ1) is 12.3. The number of hydrogen-bond acceptors (Lipinski definition) is 6. The fraction of sp³-hybridized carbons (Fsp3) is 0.455. The molecule has 2 rings (SSSR count). The molecule has 94 valence electrons. The van der Waals surface area contributed by atoms with Crippen LogP contribution in [0.4, 0.5) is 11.5 Å². The van der Waals surface area contributed by atoms with E-state index in [1.165, 1.54) is 12.3 Å². The normalized spacial score (nSPS) is 15.8. The Bertz CT molecular complexity index is 508. The molecule has 7 heteroatoms. The molecule has 1 aromatic heterocycles. The Hall–Kier alpha value is -2.20. The van der Waals surface area contributed by atoms with Crippen LogP contribution in [0.3, 0.4) is 0 Å². The van der Waals surface area contributed by atoms with Crippen molar-refractivity contribution in [2.75, 3.05) is 11.9 Å². The Balaban J connectivity index is 2.16. The number of hydrogen-bond donors (Lipinski definition) is 2. The number of aliphatic hydroxyl groups excluding tert-OH is 1. The number of nitrogens with one attached hydrogen (secondary N) is 1. The van der Waals surface area contributed by atoms with Crippen LogP contribution in [0.1, 0.15) is 18.4 Å². The van der Waals surface area contributed by atoms with Crippen LogP contribution in [0.25, 0.3) is 0 Å². The van der Waals surface area contributed by atoms with Crippen molar-refractivity contribution in [3.8, 4) is 6.07 Å². The largest absolute Gasteiger partial charge is 0.391 e. The summed E-state index contributed by atoms with van der Waals surface area (Å²) >= 11 is 0. The highest BCUT2D eigenvalue weighted by molar-refractivity contribution is 5.64. The molecule has 0 amide bonds. The molecule has 1 heterocycles. The number of aromatic nitrogens is 1. The number of aliphatic hydroxyl groups is 1. The van der Waals surface area contributed by atoms with Gasteiger partial charge in [0.05, 0.1) is 11.0 Å². The molecule has 0 spiro atoms. The number of nitrogens with zero attached hydrogens (tertiary/aromatic N) is 3. The minimum atomic E-state index is -0.641. The van der Waals surface area contributed by atoms with Crippen LogP contribution in [-0.4, -0.2) is 27.7 Å². The van der Waals surface area contributed by atoms with Crippen molar-refractivity contribution >= 4 is 11.5 Å². The maximum Gasteiger partial charge on any atom is 0.328 e. The summed E-state index contributed by atoms with van der Waals surface area (Å²) in [6.45, 7) is 0.202. The standard InChI is InChI=1S/C11H12N4O3/c12-5-8-3-4-13-11(10(8)15(17)18)14-6-9(16)7-1-2-7/h3-4,7,9,16H,1-2,6H2,(H,13,14). The van der Waals surface area contributed by atoms with E-state index in [1.54, 1.807) is 6.07 Å². The molecular formula is C11H12N4O3. The van der Waals surface area contributed by atoms with Gasteiger partial charge in [0.15, 0.2) is 0 Å². The first-order valence-electron chi connectivity index (χ1n) is 5.59. The first-order chi connectivity index (χ1) is 8.63. The van der Waals surface area contributed by atoms with Crippen LogP contribution in [0, 0.1) is 27.4 Å². The van der Waals surface area contributed by atoms with E-state index in [0.29, 0.717) is 0 Å². The fourth-order valence-electron chi connectivity index (χ4n) is 1.71. The second kappa shape index (κ2) is 4.98. The second-order valence-electron chi connectivity index (χ2n) is 4.21. The van der Waals surface area contributed by atoms with Crippen molar-refractivity contribution in [1.29, 1.82) is 5.26 Å². The highest BCUT2D eigenvalue weighted by atomic mass is 16.6. The number of anilines is 1. The Morgan fingerprint density at radius 2 is 2.44 bits per heavy atom. The molecule has 1 atom stereocenters. The van der Waals surface area contributed by atoms with Crippen LogP contribution in [-0.2, 0) is 0 Å². The highest BCUT2D eigenvalue weighted by Crippen LogP contribution is 2.33. The summed E-state index contributed by atoms with van der Waals surface area (Å²) in [5.41, 5.74) is -0.388. The van der Waals surface area contributed by atoms with E-state index < -0.39 is 11.0 Å². The molecule has 1 saturated carbocycles. The SMILES string of the molecule is N#Cc1ccnc(NCC(O)C2CC2)c1[N+](=O)[O-]. The molecule has 1 aromatic rings. The molecule has 0 saturated heterocycles. The predicted octanol–water partition coefficient (Wildman–Crippen LogP) is 1.04. The average Bonchev–Trinajstić information content (AvgIpc) is 3.19. The van der Waals surface area contributed by atoms with Gasteiger partial charge in [-0.25, -0.2) is 4.98 Å². The molecule has 7 nitrogen and oxygen atoms in total. The summed E-state index contributed by atoms with van der Waals surface area (Å²) in [7, 11) is 0. The van der Waals surface area contributed by atoms with Crippen molar-refractivity contribution in [2.24, 2.45) is 5.92 Å². The minimum Gasteiger partial charge on any atom is -0.391 e. The average molecular weight is 248 g/mol. The third kappa shape index (κ3) is 2.55. The van der Waals surface area contributed by atoms with Crippen molar-refractivity contribution in [3.05, 3.63) is 27.9 Å². The number of nitriles is 1. The van der Waals surface area contributed by atoms with Gasteiger partial charge in [-0.3, -0.25) is 10.1 Å². The van der Waals surface area contributed by atoms with Crippen molar-refractivity contribution in [2.45, 2.75) is 18.9 Å². The third-order valence-electron chi connectivity index (χ3n) is 2.87. The summed E-state index contributed by atoms with van der Waals surface area (Å²) in [4.78, 5) is 14.1. The van der Waals surface area contributed by atoms with Gasteiger partial charge < -0.3 is 10.4 Å². The molecule has 1 unspecified atom stereocenters. The zero-order valence-corrected chi connectivity index (χ0v) is 9.54. The van der Waals surface area contributed by atoms with Gasteiger partial charge in [-0.2, -0.15) is 5.26 Å². The molecule has 0 radical (unpaired) electrons. The van der Waals surface area contributed by atoms with Gasteiger partial charge in [-0.15, -0.1) is 0 Å². The van der Waals surface area contributed by atoms with E-state index in [4.69, 9.17) is 5.26 Å². The molecule has 1 fully saturated rings. The van der Waals surface area contributed by atoms with E-state index in [-0.39, 0.29) is 29.5 Å². The minimum absolute atomic E-state index is 0.0266. The van der Waals surface area contributed by atoms with E-state index >= 15 is 0 Å². The van der Waals surface area contributed by atoms with Gasteiger partial charge in [0.1, 0.15) is 11.6 Å². The summed E-state index contributed by atoms with van der Waals surface area (Å²) in [6.07, 6.45) is 2.77. The molecule has 0 bridgehead atoms. The van der Waals surface area contributed by atoms with Gasteiger partial charge in [0.2, 0.25) is 5.82 Å². The molecule has 1 aliphatic rings. The molecule has 2 N–H and O–H groups in total. The van der Waals surface area contributed by atoms with Crippen molar-refractivity contribution < 1.29 is 10.0 Å². The smallest absolute Gasteiger partial charge is 0.328 e. The number of nitro groups is 1. The lowest BCUT2D eigenvalue weighted by molar-refractivity contribution is -0.384. The zero-order valence-electron chi connectivity index (χ0n) is 9.54. The molecule has 0 aromatic carbocycles. The van der Waals surface area contributed by atoms with E-state index in [9.17, 15) is 15.2 Å². The monoisotopic (exact) mass is 248 g/mol. The first-order valence-corrected chi connectivity index (χ1v) is 5.59. The van der Waals surface area contributed by atoms with Gasteiger partial charge in [0.25, 0.3) is 0 Å². The van der Waals surface area contributed by atoms with Crippen molar-refractivity contribution in [3.63, 3.8) is 0 Å². The lowest BCUT2D eigenvalue weighted by Gasteiger charge is -2.11. The molecule has 0 aliphatic heterocycles. The van der Waals surface area contributed by atoms with E-state index in [2.05, 4.69) is 10.3 Å². The maximum absolute atomic E-state index is 10.9. The number of pyridine rings is 1. The Labute approximate surface area is 103 Å². The zero-order chi connectivity index (χ0) is 13.1. The fourth-order valence-corrected chi connectivity index (χ4v) is 1.71. The lowest BCUT2D eigenvalue weighted by Crippen LogP contribution is -2.22. The Morgan fingerprint density at radius 3 is 3.00 bits per heavy atom. The number of rotatable bonds is 5. The van der Waals surface area contributed by atoms with Crippen LogP contribution >= 0.6 is 0 Å². The summed E-state index contributed by atoms with van der Waals surface area (Å²) in [5, 5.41) is 32.1. The second-order valence-corrected chi connectivity index (χ2v) is 4.21. The van der Waals surface area contributed by atoms with Crippen LogP contribution in [0.5, 0.6) is 0 Å². The lowest BCUT2D eigenvalue weighted by atomic mass is 10.2. The van der Waals surface area contributed by atoms with Gasteiger partial charge in [-0.1, -0.05) is 0 Å². The van der Waals surface area contributed by atoms with Crippen LogP contribution in [0.2, 0.25) is 0 Å². The predicted molar refractivity (Wildman–Crippen MR) is 62.8 cm³/mol. The molecule has 18 heavy (non-hydrogen) atoms. The quantitative estimate of drug-likeness (QED) is 0.594. The molecule has 1 aliphatic carbocycles. The molecular weight excluding hydrogens is 236 g/mol. The maximum atomic E-state index is 10.9.